The van der Waals surface area contributed by atoms with Crippen molar-refractivity contribution in [2.45, 2.75) is 6.92 Å². The number of amides is 1. The smallest absolute Gasteiger partial charge is 0.425 e. The van der Waals surface area contributed by atoms with Crippen LogP contribution in [0.5, 0.6) is 0 Å². The van der Waals surface area contributed by atoms with Gasteiger partial charge in [-0.3, -0.25) is 0 Å². The van der Waals surface area contributed by atoms with Crippen molar-refractivity contribution < 1.29 is 9.90 Å². The second-order valence-corrected chi connectivity index (χ2v) is 0.804. The van der Waals surface area contributed by atoms with Crippen molar-refractivity contribution in [3.8, 4) is 0 Å². The summed E-state index contributed by atoms with van der Waals surface area (Å²) in [5, 5.41) is 11.0. The number of nitrogens with one attached hydrogen (secondary N) is 1. The van der Waals surface area contributed by atoms with Crippen LogP contribution in [0.25, 0.3) is 0 Å². The summed E-state index contributed by atoms with van der Waals surface area (Å²) in [5.41, 5.74) is 1.78. The minimum absolute atomic E-state index is 1.14. The highest BCUT2D eigenvalue weighted by Gasteiger charge is 1.82. The van der Waals surface area contributed by atoms with E-state index in [0.29, 0.717) is 0 Å². The number of nitrogens with zero attached hydrogens (tertiary/aromatic N) is 1. The van der Waals surface area contributed by atoms with E-state index < -0.39 is 6.09 Å². The molecule has 0 atom stereocenters. The molecule has 1 amide bonds. The predicted molar refractivity (Wildman–Crippen MR) is 25.3 cm³/mol. The molecule has 0 spiro atoms. The van der Waals surface area contributed by atoms with Gasteiger partial charge in [0.2, 0.25) is 0 Å². The molecule has 0 aromatic rings. The average molecular weight is 102 g/mol. The molecule has 40 valence electrons. The van der Waals surface area contributed by atoms with Gasteiger partial charge in [-0.05, 0) is 6.92 Å². The van der Waals surface area contributed by atoms with Crippen molar-refractivity contribution in [2.75, 3.05) is 0 Å². The maximum absolute atomic E-state index is 9.53. The zero-order valence-corrected chi connectivity index (χ0v) is 3.88. The van der Waals surface area contributed by atoms with Crippen LogP contribution in [0, 0.1) is 0 Å². The highest BCUT2D eigenvalue weighted by atomic mass is 16.4. The minimum atomic E-state index is -1.14. The minimum Gasteiger partial charge on any atom is -0.464 e. The fourth-order valence-electron chi connectivity index (χ4n) is 0.120. The van der Waals surface area contributed by atoms with Crippen LogP contribution in [-0.4, -0.2) is 17.4 Å². The third-order valence-corrected chi connectivity index (χ3v) is 0.289. The molecule has 4 heteroatoms. The average Bonchev–Trinajstić information content (AvgIpc) is 1.61. The Balaban J connectivity index is 3.14. The first kappa shape index (κ1) is 5.94. The highest BCUT2D eigenvalue weighted by molar-refractivity contribution is 5.66. The number of hydrazone groups is 1. The molecule has 0 rings (SSSR count). The molecule has 0 aromatic carbocycles. The Hall–Kier alpha value is -1.06. The second kappa shape index (κ2) is 3.14. The molecule has 2 N–H and O–H groups in total. The van der Waals surface area contributed by atoms with Gasteiger partial charge in [0.1, 0.15) is 0 Å². The molecule has 0 aliphatic heterocycles. The van der Waals surface area contributed by atoms with E-state index in [9.17, 15) is 4.79 Å². The number of hydrogen-bond acceptors (Lipinski definition) is 2. The monoisotopic (exact) mass is 102 g/mol. The molecule has 0 aromatic heterocycles. The number of hydrogen-bond donors (Lipinski definition) is 2. The zero-order chi connectivity index (χ0) is 5.70. The van der Waals surface area contributed by atoms with E-state index in [2.05, 4.69) is 5.10 Å². The summed E-state index contributed by atoms with van der Waals surface area (Å²) in [5.74, 6) is 0. The lowest BCUT2D eigenvalue weighted by atomic mass is 10.9. The first-order valence-corrected chi connectivity index (χ1v) is 1.74. The Morgan fingerprint density at radius 3 is 2.71 bits per heavy atom. The normalized spacial score (nSPS) is 9.29. The van der Waals surface area contributed by atoms with Crippen LogP contribution in [0.1, 0.15) is 6.92 Å². The van der Waals surface area contributed by atoms with Crippen LogP contribution in [0.3, 0.4) is 0 Å². The summed E-state index contributed by atoms with van der Waals surface area (Å²) in [6.07, 6.45) is 0.215. The molecular formula is C3H6N2O2. The maximum atomic E-state index is 9.53. The van der Waals surface area contributed by atoms with Crippen molar-refractivity contribution in [1.82, 2.24) is 5.43 Å². The quantitative estimate of drug-likeness (QED) is 0.368. The van der Waals surface area contributed by atoms with E-state index in [1.807, 2.05) is 0 Å². The Bertz CT molecular complexity index is 88.9. The lowest BCUT2D eigenvalue weighted by molar-refractivity contribution is 0.195. The predicted octanol–water partition coefficient (Wildman–Crippen LogP) is 0.260. The second-order valence-electron chi connectivity index (χ2n) is 0.804. The van der Waals surface area contributed by atoms with Gasteiger partial charge in [0.15, 0.2) is 0 Å². The van der Waals surface area contributed by atoms with Gasteiger partial charge in [-0.25, -0.2) is 10.2 Å². The topological polar surface area (TPSA) is 61.7 Å². The lowest BCUT2D eigenvalue weighted by Crippen LogP contribution is -2.12. The third kappa shape index (κ3) is 4.94. The van der Waals surface area contributed by atoms with Gasteiger partial charge in [-0.1, -0.05) is 0 Å². The standard InChI is InChI=1S/C3H6N2O2/c1-2-4-5-3(6)7/h2,5H,1H3,(H,6,7)/b4-2+. The molecular weight excluding hydrogens is 96.0 g/mol. The van der Waals surface area contributed by atoms with E-state index in [1.54, 1.807) is 12.3 Å². The largest absolute Gasteiger partial charge is 0.464 e. The maximum Gasteiger partial charge on any atom is 0.425 e. The molecule has 0 saturated heterocycles. The number of carbonyl (C=O) groups is 1. The molecule has 4 nitrogen and oxygen atoms in total. The molecule has 0 fully saturated rings. The van der Waals surface area contributed by atoms with E-state index in [0.717, 1.165) is 0 Å². The van der Waals surface area contributed by atoms with Crippen molar-refractivity contribution in [3.05, 3.63) is 0 Å². The first-order valence-electron chi connectivity index (χ1n) is 1.74. The fourth-order valence-corrected chi connectivity index (χ4v) is 0.120. The zero-order valence-electron chi connectivity index (χ0n) is 3.88. The molecule has 0 bridgehead atoms. The van der Waals surface area contributed by atoms with Crippen LogP contribution in [0.4, 0.5) is 4.79 Å². The lowest BCUT2D eigenvalue weighted by Gasteiger charge is -1.83. The van der Waals surface area contributed by atoms with Crippen LogP contribution < -0.4 is 5.43 Å². The Morgan fingerprint density at radius 1 is 2.00 bits per heavy atom. The van der Waals surface area contributed by atoms with Crippen molar-refractivity contribution in [1.29, 1.82) is 0 Å². The molecule has 0 aliphatic carbocycles. The third-order valence-electron chi connectivity index (χ3n) is 0.289. The van der Waals surface area contributed by atoms with Gasteiger partial charge in [0.05, 0.1) is 0 Å². The van der Waals surface area contributed by atoms with E-state index >= 15 is 0 Å². The Labute approximate surface area is 40.8 Å². The highest BCUT2D eigenvalue weighted by Crippen LogP contribution is 1.56. The summed E-state index contributed by atoms with van der Waals surface area (Å²) >= 11 is 0. The molecule has 0 radical (unpaired) electrons. The fraction of sp³-hybridized carbons (Fsp3) is 0.333. The van der Waals surface area contributed by atoms with Crippen LogP contribution >= 0.6 is 0 Å². The van der Waals surface area contributed by atoms with E-state index in [4.69, 9.17) is 5.11 Å². The van der Waals surface area contributed by atoms with Crippen molar-refractivity contribution >= 4 is 12.3 Å². The van der Waals surface area contributed by atoms with Crippen molar-refractivity contribution in [2.24, 2.45) is 5.10 Å². The SMILES string of the molecule is C/C=N/NC(=O)O. The summed E-state index contributed by atoms with van der Waals surface area (Å²) in [6, 6.07) is 0. The summed E-state index contributed by atoms with van der Waals surface area (Å²) in [4.78, 5) is 9.53. The molecule has 0 saturated carbocycles. The van der Waals surface area contributed by atoms with Gasteiger partial charge >= 0.3 is 6.09 Å². The molecule has 7 heavy (non-hydrogen) atoms. The van der Waals surface area contributed by atoms with Gasteiger partial charge in [0.25, 0.3) is 0 Å². The Morgan fingerprint density at radius 2 is 2.57 bits per heavy atom. The summed E-state index contributed by atoms with van der Waals surface area (Å²) in [6.45, 7) is 1.62. The Kier molecular flexibility index (Phi) is 2.67. The van der Waals surface area contributed by atoms with Gasteiger partial charge < -0.3 is 5.11 Å². The van der Waals surface area contributed by atoms with Gasteiger partial charge in [-0.15, -0.1) is 0 Å². The van der Waals surface area contributed by atoms with Crippen LogP contribution in [0.15, 0.2) is 5.10 Å². The van der Waals surface area contributed by atoms with Crippen molar-refractivity contribution in [3.63, 3.8) is 0 Å². The number of rotatable bonds is 1. The molecule has 0 heterocycles. The van der Waals surface area contributed by atoms with E-state index in [-0.39, 0.29) is 0 Å². The summed E-state index contributed by atoms with van der Waals surface area (Å²) in [7, 11) is 0. The van der Waals surface area contributed by atoms with Gasteiger partial charge in [-0.2, -0.15) is 5.10 Å². The van der Waals surface area contributed by atoms with Crippen LogP contribution in [-0.2, 0) is 0 Å². The number of carboxylic acid groups (broad SMARTS) is 1. The van der Waals surface area contributed by atoms with Gasteiger partial charge in [0, 0.05) is 6.21 Å². The molecule has 0 unspecified atom stereocenters. The molecule has 0 aliphatic rings. The summed E-state index contributed by atoms with van der Waals surface area (Å²) < 4.78 is 0. The first-order chi connectivity index (χ1) is 3.27. The van der Waals surface area contributed by atoms with Crippen LogP contribution in [0.2, 0.25) is 0 Å². The van der Waals surface area contributed by atoms with E-state index in [1.165, 1.54) is 6.21 Å².